The van der Waals surface area contributed by atoms with Crippen LogP contribution in [0.4, 0.5) is 13.2 Å². The maximum Gasteiger partial charge on any atom is 0.389 e. The van der Waals surface area contributed by atoms with Gasteiger partial charge >= 0.3 is 6.18 Å². The van der Waals surface area contributed by atoms with Gasteiger partial charge in [-0.25, -0.2) is 0 Å². The summed E-state index contributed by atoms with van der Waals surface area (Å²) < 4.78 is 35.0. The number of hydrogen-bond donors (Lipinski definition) is 0. The van der Waals surface area contributed by atoms with Crippen LogP contribution < -0.4 is 0 Å². The quantitative estimate of drug-likeness (QED) is 0.602. The number of halogens is 3. The summed E-state index contributed by atoms with van der Waals surface area (Å²) in [5.74, 6) is 1.14. The molecule has 3 heteroatoms. The molecule has 0 aromatic heterocycles. The fraction of sp³-hybridized carbons (Fsp3) is 0.875. The van der Waals surface area contributed by atoms with Gasteiger partial charge in [-0.2, -0.15) is 13.2 Å². The molecule has 0 amide bonds. The molecular weight excluding hydrogens is 153 g/mol. The average molecular weight is 167 g/mol. The number of alkyl halides is 3. The Morgan fingerprint density at radius 1 is 1.27 bits per heavy atom. The molecule has 0 aliphatic rings. The first-order chi connectivity index (χ1) is 4.83. The average Bonchev–Trinajstić information content (AvgIpc) is 1.80. The molecule has 0 spiro atoms. The zero-order valence-electron chi connectivity index (χ0n) is 7.13. The summed E-state index contributed by atoms with van der Waals surface area (Å²) in [7, 11) is 0. The minimum atomic E-state index is -4.00. The van der Waals surface area contributed by atoms with Crippen molar-refractivity contribution in [2.45, 2.75) is 39.8 Å². The second kappa shape index (κ2) is 3.98. The summed E-state index contributed by atoms with van der Waals surface area (Å²) >= 11 is 0. The molecule has 0 saturated carbocycles. The van der Waals surface area contributed by atoms with Gasteiger partial charge in [-0.05, 0) is 18.3 Å². The van der Waals surface area contributed by atoms with Crippen LogP contribution >= 0.6 is 0 Å². The minimum absolute atomic E-state index is 0.0802. The maximum absolute atomic E-state index is 11.7. The molecule has 0 heterocycles. The van der Waals surface area contributed by atoms with E-state index in [9.17, 15) is 13.2 Å². The molecule has 0 saturated heterocycles. The molecule has 1 atom stereocenters. The van der Waals surface area contributed by atoms with Crippen molar-refractivity contribution in [1.82, 2.24) is 0 Å². The van der Waals surface area contributed by atoms with Crippen LogP contribution in [0.5, 0.6) is 0 Å². The van der Waals surface area contributed by atoms with E-state index in [0.29, 0.717) is 0 Å². The van der Waals surface area contributed by atoms with E-state index in [1.807, 2.05) is 20.8 Å². The van der Waals surface area contributed by atoms with Crippen molar-refractivity contribution in [2.75, 3.05) is 0 Å². The Bertz CT molecular complexity index is 104. The molecule has 0 nitrogen and oxygen atoms in total. The van der Waals surface area contributed by atoms with Crippen molar-refractivity contribution in [1.29, 1.82) is 0 Å². The minimum Gasteiger partial charge on any atom is -0.171 e. The van der Waals surface area contributed by atoms with Crippen LogP contribution in [0.3, 0.4) is 0 Å². The highest BCUT2D eigenvalue weighted by Gasteiger charge is 2.27. The Kier molecular flexibility index (Phi) is 3.90. The van der Waals surface area contributed by atoms with Crippen LogP contribution in [-0.4, -0.2) is 6.18 Å². The van der Waals surface area contributed by atoms with Gasteiger partial charge in [-0.1, -0.05) is 20.8 Å². The zero-order valence-corrected chi connectivity index (χ0v) is 7.13. The standard InChI is InChI=1S/C8H14F3/c1-6(2)7(3)4-5-8(9,10)11/h7H,4-5H2,1-3H3. The smallest absolute Gasteiger partial charge is 0.171 e. The molecule has 1 unspecified atom stereocenters. The van der Waals surface area contributed by atoms with Crippen molar-refractivity contribution >= 4 is 0 Å². The predicted molar refractivity (Wildman–Crippen MR) is 39.0 cm³/mol. The summed E-state index contributed by atoms with van der Waals surface area (Å²) in [4.78, 5) is 0. The Morgan fingerprint density at radius 2 is 1.73 bits per heavy atom. The molecule has 0 N–H and O–H groups in total. The third kappa shape index (κ3) is 6.20. The topological polar surface area (TPSA) is 0 Å². The summed E-state index contributed by atoms with van der Waals surface area (Å²) in [6.07, 6.45) is -4.45. The third-order valence-electron chi connectivity index (χ3n) is 1.85. The van der Waals surface area contributed by atoms with Crippen molar-refractivity contribution in [3.05, 3.63) is 5.92 Å². The molecular formula is C8H14F3. The first-order valence-corrected chi connectivity index (χ1v) is 3.69. The molecule has 0 aliphatic carbocycles. The normalized spacial score (nSPS) is 15.5. The van der Waals surface area contributed by atoms with E-state index in [1.165, 1.54) is 0 Å². The van der Waals surface area contributed by atoms with Gasteiger partial charge in [-0.3, -0.25) is 0 Å². The lowest BCUT2D eigenvalue weighted by molar-refractivity contribution is -0.137. The zero-order chi connectivity index (χ0) is 9.07. The summed E-state index contributed by atoms with van der Waals surface area (Å²) in [5, 5.41) is 0. The van der Waals surface area contributed by atoms with Crippen LogP contribution in [0.25, 0.3) is 0 Å². The summed E-state index contributed by atoms with van der Waals surface area (Å²) in [6, 6.07) is 0. The first-order valence-electron chi connectivity index (χ1n) is 3.69. The molecule has 0 rings (SSSR count). The number of rotatable bonds is 3. The van der Waals surface area contributed by atoms with Gasteiger partial charge < -0.3 is 0 Å². The molecule has 0 aliphatic heterocycles. The monoisotopic (exact) mass is 167 g/mol. The Labute approximate surface area is 65.8 Å². The Hall–Kier alpha value is -0.210. The van der Waals surface area contributed by atoms with Gasteiger partial charge in [0.15, 0.2) is 0 Å². The molecule has 11 heavy (non-hydrogen) atoms. The van der Waals surface area contributed by atoms with E-state index in [0.717, 1.165) is 5.92 Å². The van der Waals surface area contributed by atoms with Crippen molar-refractivity contribution < 1.29 is 13.2 Å². The molecule has 0 aromatic carbocycles. The third-order valence-corrected chi connectivity index (χ3v) is 1.85. The van der Waals surface area contributed by atoms with Crippen molar-refractivity contribution in [2.24, 2.45) is 5.92 Å². The van der Waals surface area contributed by atoms with Gasteiger partial charge in [0, 0.05) is 6.42 Å². The number of hydrogen-bond acceptors (Lipinski definition) is 0. The van der Waals surface area contributed by atoms with Crippen LogP contribution in [-0.2, 0) is 0 Å². The molecule has 0 fully saturated rings. The van der Waals surface area contributed by atoms with E-state index >= 15 is 0 Å². The second-order valence-electron chi connectivity index (χ2n) is 3.13. The lowest BCUT2D eigenvalue weighted by Gasteiger charge is -2.15. The van der Waals surface area contributed by atoms with Crippen LogP contribution in [0.1, 0.15) is 33.6 Å². The second-order valence-corrected chi connectivity index (χ2v) is 3.13. The van der Waals surface area contributed by atoms with Gasteiger partial charge in [0.05, 0.1) is 0 Å². The molecule has 0 bridgehead atoms. The molecule has 67 valence electrons. The Balaban J connectivity index is 3.54. The fourth-order valence-electron chi connectivity index (χ4n) is 0.669. The maximum atomic E-state index is 11.7. The van der Waals surface area contributed by atoms with Crippen LogP contribution in [0.15, 0.2) is 0 Å². The van der Waals surface area contributed by atoms with Crippen molar-refractivity contribution in [3.8, 4) is 0 Å². The van der Waals surface area contributed by atoms with E-state index in [1.54, 1.807) is 0 Å². The molecule has 0 aromatic rings. The van der Waals surface area contributed by atoms with E-state index < -0.39 is 12.6 Å². The van der Waals surface area contributed by atoms with Gasteiger partial charge in [-0.15, -0.1) is 0 Å². The highest BCUT2D eigenvalue weighted by Crippen LogP contribution is 2.27. The first kappa shape index (κ1) is 10.8. The van der Waals surface area contributed by atoms with Crippen molar-refractivity contribution in [3.63, 3.8) is 0 Å². The van der Waals surface area contributed by atoms with Crippen LogP contribution in [0, 0.1) is 11.8 Å². The molecule has 1 radical (unpaired) electrons. The lowest BCUT2D eigenvalue weighted by Crippen LogP contribution is -2.11. The van der Waals surface area contributed by atoms with E-state index in [4.69, 9.17) is 0 Å². The summed E-state index contributed by atoms with van der Waals surface area (Å²) in [5.41, 5.74) is 0. The predicted octanol–water partition coefficient (Wildman–Crippen LogP) is 3.58. The van der Waals surface area contributed by atoms with E-state index in [-0.39, 0.29) is 12.3 Å². The Morgan fingerprint density at radius 3 is 2.00 bits per heavy atom. The van der Waals surface area contributed by atoms with Gasteiger partial charge in [0.25, 0.3) is 0 Å². The lowest BCUT2D eigenvalue weighted by atomic mass is 9.93. The highest BCUT2D eigenvalue weighted by atomic mass is 19.4. The summed E-state index contributed by atoms with van der Waals surface area (Å²) in [6.45, 7) is 5.54. The highest BCUT2D eigenvalue weighted by molar-refractivity contribution is 4.83. The SMILES string of the molecule is C[C](C)C(C)CCC(F)(F)F. The largest absolute Gasteiger partial charge is 0.389 e. The van der Waals surface area contributed by atoms with Crippen LogP contribution in [0.2, 0.25) is 0 Å². The fourth-order valence-corrected chi connectivity index (χ4v) is 0.669. The van der Waals surface area contributed by atoms with Gasteiger partial charge in [0.1, 0.15) is 0 Å². The van der Waals surface area contributed by atoms with E-state index in [2.05, 4.69) is 0 Å². The van der Waals surface area contributed by atoms with Gasteiger partial charge in [0.2, 0.25) is 0 Å².